The van der Waals surface area contributed by atoms with Crippen LogP contribution in [0.25, 0.3) is 11.3 Å². The Balaban J connectivity index is 2.14. The largest absolute Gasteiger partial charge is 0.507 e. The second-order valence-corrected chi connectivity index (χ2v) is 6.76. The van der Waals surface area contributed by atoms with Gasteiger partial charge in [0, 0.05) is 16.5 Å². The number of rotatable bonds is 7. The molecule has 29 heavy (non-hydrogen) atoms. The van der Waals surface area contributed by atoms with Gasteiger partial charge in [0.15, 0.2) is 0 Å². The molecule has 3 rings (SSSR count). The minimum atomic E-state index is -0.708. The predicted molar refractivity (Wildman–Crippen MR) is 115 cm³/mol. The van der Waals surface area contributed by atoms with Crippen LogP contribution >= 0.6 is 11.3 Å². The van der Waals surface area contributed by atoms with E-state index in [9.17, 15) is 9.90 Å². The van der Waals surface area contributed by atoms with Crippen LogP contribution in [0.3, 0.4) is 0 Å². The van der Waals surface area contributed by atoms with Crippen molar-refractivity contribution < 1.29 is 14.6 Å². The highest BCUT2D eigenvalue weighted by molar-refractivity contribution is 7.07. The number of nitrogens with zero attached hydrogens (tertiary/aromatic N) is 3. The topological polar surface area (TPSA) is 102 Å². The molecule has 0 aliphatic carbocycles. The minimum Gasteiger partial charge on any atom is -0.507 e. The molecule has 0 saturated carbocycles. The predicted octanol–water partition coefficient (Wildman–Crippen LogP) is 3.00. The third-order valence-electron chi connectivity index (χ3n) is 4.05. The zero-order chi connectivity index (χ0) is 20.8. The number of amides is 1. The Morgan fingerprint density at radius 2 is 2.14 bits per heavy atom. The molecule has 3 aromatic rings. The highest BCUT2D eigenvalue weighted by atomic mass is 32.1. The summed E-state index contributed by atoms with van der Waals surface area (Å²) in [5, 5.41) is 16.3. The molecule has 1 aromatic heterocycles. The fraction of sp³-hybridized carbons (Fsp3) is 0.0952. The van der Waals surface area contributed by atoms with E-state index < -0.39 is 5.91 Å². The molecular weight excluding hydrogens is 388 g/mol. The van der Waals surface area contributed by atoms with Crippen LogP contribution in [0.15, 0.2) is 70.6 Å². The Morgan fingerprint density at radius 1 is 1.34 bits per heavy atom. The third-order valence-corrected chi connectivity index (χ3v) is 4.90. The maximum absolute atomic E-state index is 11.6. The van der Waals surface area contributed by atoms with Crippen LogP contribution in [0.1, 0.15) is 15.9 Å². The average Bonchev–Trinajstić information content (AvgIpc) is 3.13. The van der Waals surface area contributed by atoms with Gasteiger partial charge in [-0.15, -0.1) is 17.9 Å². The molecule has 0 spiro atoms. The molecule has 0 aliphatic heterocycles. The molecule has 0 atom stereocenters. The number of primary amides is 1. The summed E-state index contributed by atoms with van der Waals surface area (Å²) in [6, 6.07) is 12.2. The van der Waals surface area contributed by atoms with E-state index in [0.717, 1.165) is 5.56 Å². The summed E-state index contributed by atoms with van der Waals surface area (Å²) in [6.45, 7) is 4.13. The Morgan fingerprint density at radius 3 is 2.86 bits per heavy atom. The first-order valence-electron chi connectivity index (χ1n) is 8.67. The molecule has 0 aliphatic rings. The van der Waals surface area contributed by atoms with E-state index in [1.54, 1.807) is 30.1 Å². The van der Waals surface area contributed by atoms with Crippen molar-refractivity contribution in [2.24, 2.45) is 15.8 Å². The second kappa shape index (κ2) is 9.03. The summed E-state index contributed by atoms with van der Waals surface area (Å²) in [5.74, 6) is -0.184. The highest BCUT2D eigenvalue weighted by Gasteiger charge is 2.13. The van der Waals surface area contributed by atoms with Crippen molar-refractivity contribution >= 4 is 23.5 Å². The second-order valence-electron chi connectivity index (χ2n) is 5.93. The van der Waals surface area contributed by atoms with Crippen LogP contribution in [0, 0.1) is 0 Å². The van der Waals surface area contributed by atoms with Gasteiger partial charge in [-0.2, -0.15) is 5.10 Å². The smallest absolute Gasteiger partial charge is 0.252 e. The lowest BCUT2D eigenvalue weighted by Gasteiger charge is -2.07. The van der Waals surface area contributed by atoms with Crippen molar-refractivity contribution in [3.05, 3.63) is 76.4 Å². The van der Waals surface area contributed by atoms with Gasteiger partial charge in [-0.05, 0) is 30.3 Å². The van der Waals surface area contributed by atoms with E-state index in [1.807, 2.05) is 29.6 Å². The summed E-state index contributed by atoms with van der Waals surface area (Å²) < 4.78 is 7.03. The summed E-state index contributed by atoms with van der Waals surface area (Å²) in [7, 11) is 1.60. The van der Waals surface area contributed by atoms with Crippen molar-refractivity contribution in [1.82, 2.24) is 4.68 Å². The van der Waals surface area contributed by atoms with Crippen LogP contribution in [0.5, 0.6) is 11.5 Å². The number of aromatic hydroxyl groups is 1. The molecule has 1 heterocycles. The molecule has 148 valence electrons. The molecule has 0 bridgehead atoms. The van der Waals surface area contributed by atoms with Gasteiger partial charge in [0.05, 0.1) is 31.1 Å². The van der Waals surface area contributed by atoms with Gasteiger partial charge < -0.3 is 15.6 Å². The van der Waals surface area contributed by atoms with E-state index in [2.05, 4.69) is 16.7 Å². The van der Waals surface area contributed by atoms with Gasteiger partial charge in [0.1, 0.15) is 11.5 Å². The minimum absolute atomic E-state index is 0.0403. The number of carbonyl (C=O) groups is 1. The Bertz CT molecular complexity index is 1140. The normalized spacial score (nSPS) is 11.7. The number of thiazole rings is 1. The molecule has 0 fully saturated rings. The van der Waals surface area contributed by atoms with Gasteiger partial charge in [0.2, 0.25) is 4.80 Å². The van der Waals surface area contributed by atoms with Crippen LogP contribution < -0.4 is 15.3 Å². The highest BCUT2D eigenvalue weighted by Crippen LogP contribution is 2.26. The van der Waals surface area contributed by atoms with Crippen LogP contribution in [-0.2, 0) is 0 Å². The molecule has 7 nitrogen and oxygen atoms in total. The first-order chi connectivity index (χ1) is 14.0. The Hall–Kier alpha value is -3.65. The van der Waals surface area contributed by atoms with Crippen molar-refractivity contribution in [3.8, 4) is 22.8 Å². The van der Waals surface area contributed by atoms with E-state index in [1.165, 1.54) is 23.5 Å². The van der Waals surface area contributed by atoms with Crippen molar-refractivity contribution in [3.63, 3.8) is 0 Å². The number of methoxy groups -OCH3 is 1. The number of aromatic nitrogens is 1. The molecule has 0 radical (unpaired) electrons. The van der Waals surface area contributed by atoms with E-state index >= 15 is 0 Å². The van der Waals surface area contributed by atoms with Crippen molar-refractivity contribution in [2.45, 2.75) is 0 Å². The van der Waals surface area contributed by atoms with E-state index in [-0.39, 0.29) is 11.3 Å². The van der Waals surface area contributed by atoms with Gasteiger partial charge >= 0.3 is 0 Å². The monoisotopic (exact) mass is 408 g/mol. The number of hydrogen-bond acceptors (Lipinski definition) is 6. The lowest BCUT2D eigenvalue weighted by atomic mass is 10.1. The number of hydrogen-bond donors (Lipinski definition) is 2. The molecule has 1 amide bonds. The van der Waals surface area contributed by atoms with Crippen LogP contribution in [0.2, 0.25) is 0 Å². The standard InChI is InChI=1S/C21H20N4O3S/c1-3-10-23-21-25(24-12-15-6-4-5-7-19(15)28-2)17(13-29-21)14-8-9-18(26)16(11-14)20(22)27/h3-9,11-13,26H,1,10H2,2H3,(H2,22,27). The number of phenols is 1. The summed E-state index contributed by atoms with van der Waals surface area (Å²) in [5.41, 5.74) is 7.58. The first kappa shape index (κ1) is 20.1. The number of para-hydroxylation sites is 1. The lowest BCUT2D eigenvalue weighted by molar-refractivity contribution is 0.0998. The number of ether oxygens (including phenoxy) is 1. The fourth-order valence-corrected chi connectivity index (χ4v) is 3.49. The maximum Gasteiger partial charge on any atom is 0.252 e. The zero-order valence-corrected chi connectivity index (χ0v) is 16.6. The molecule has 2 aromatic carbocycles. The number of nitrogens with two attached hydrogens (primary N) is 1. The lowest BCUT2D eigenvalue weighted by Crippen LogP contribution is -2.13. The molecule has 0 unspecified atom stereocenters. The fourth-order valence-electron chi connectivity index (χ4n) is 2.65. The van der Waals surface area contributed by atoms with Gasteiger partial charge in [-0.1, -0.05) is 18.2 Å². The summed E-state index contributed by atoms with van der Waals surface area (Å²) in [6.07, 6.45) is 3.37. The average molecular weight is 408 g/mol. The van der Waals surface area contributed by atoms with Crippen molar-refractivity contribution in [1.29, 1.82) is 0 Å². The summed E-state index contributed by atoms with van der Waals surface area (Å²) >= 11 is 1.40. The molecule has 0 saturated heterocycles. The molecule has 3 N–H and O–H groups in total. The van der Waals surface area contributed by atoms with Crippen molar-refractivity contribution in [2.75, 3.05) is 13.7 Å². The first-order valence-corrected chi connectivity index (χ1v) is 9.55. The Kier molecular flexibility index (Phi) is 6.25. The third kappa shape index (κ3) is 4.44. The van der Waals surface area contributed by atoms with Crippen LogP contribution in [-0.4, -0.2) is 35.6 Å². The number of benzene rings is 2. The quantitative estimate of drug-likeness (QED) is 0.464. The van der Waals surface area contributed by atoms with Gasteiger partial charge in [-0.3, -0.25) is 9.79 Å². The molecular formula is C21H20N4O3S. The maximum atomic E-state index is 11.6. The summed E-state index contributed by atoms with van der Waals surface area (Å²) in [4.78, 5) is 16.7. The zero-order valence-electron chi connectivity index (χ0n) is 15.8. The molecule has 8 heteroatoms. The van der Waals surface area contributed by atoms with Gasteiger partial charge in [0.25, 0.3) is 5.91 Å². The van der Waals surface area contributed by atoms with Crippen LogP contribution in [0.4, 0.5) is 0 Å². The van der Waals surface area contributed by atoms with E-state index in [4.69, 9.17) is 10.5 Å². The number of carbonyl (C=O) groups excluding carboxylic acids is 1. The SMILES string of the molecule is C=CCN=c1scc(-c2ccc(O)c(C(N)=O)c2)n1N=Cc1ccccc1OC. The Labute approximate surface area is 171 Å². The van der Waals surface area contributed by atoms with Gasteiger partial charge in [-0.25, -0.2) is 4.68 Å². The van der Waals surface area contributed by atoms with E-state index in [0.29, 0.717) is 28.4 Å².